The second kappa shape index (κ2) is 10.5. The van der Waals surface area contributed by atoms with Gasteiger partial charge in [-0.25, -0.2) is 0 Å². The minimum absolute atomic E-state index is 0.163. The van der Waals surface area contributed by atoms with Gasteiger partial charge in [0, 0.05) is 44.2 Å². The quantitative estimate of drug-likeness (QED) is 0.521. The minimum Gasteiger partial charge on any atom is -0.497 e. The van der Waals surface area contributed by atoms with Crippen molar-refractivity contribution < 1.29 is 18.8 Å². The third-order valence-corrected chi connectivity index (χ3v) is 5.90. The maximum absolute atomic E-state index is 12.7. The van der Waals surface area contributed by atoms with Crippen molar-refractivity contribution >= 4 is 5.91 Å². The lowest BCUT2D eigenvalue weighted by Crippen LogP contribution is -2.48. The molecule has 0 atom stereocenters. The summed E-state index contributed by atoms with van der Waals surface area (Å²) >= 11 is 0. The number of aryl methyl sites for hydroxylation is 2. The van der Waals surface area contributed by atoms with Gasteiger partial charge in [-0.2, -0.15) is 4.98 Å². The van der Waals surface area contributed by atoms with Crippen LogP contribution in [0.5, 0.6) is 11.5 Å². The van der Waals surface area contributed by atoms with Gasteiger partial charge in [-0.05, 0) is 31.0 Å². The number of aromatic nitrogens is 2. The molecular weight excluding hydrogens is 420 g/mol. The predicted molar refractivity (Wildman–Crippen MR) is 124 cm³/mol. The molecule has 3 aromatic rings. The number of methoxy groups -OCH3 is 2. The number of nitrogens with zero attached hydrogens (tertiary/aromatic N) is 4. The number of hydrogen-bond acceptors (Lipinski definition) is 7. The summed E-state index contributed by atoms with van der Waals surface area (Å²) in [4.78, 5) is 21.4. The molecule has 0 bridgehead atoms. The number of rotatable bonds is 8. The first-order valence-electron chi connectivity index (χ1n) is 11.2. The van der Waals surface area contributed by atoms with Crippen LogP contribution >= 0.6 is 0 Å². The van der Waals surface area contributed by atoms with E-state index in [1.807, 2.05) is 54.3 Å². The van der Waals surface area contributed by atoms with E-state index < -0.39 is 0 Å². The molecule has 2 heterocycles. The Bertz CT molecular complexity index is 1050. The summed E-state index contributed by atoms with van der Waals surface area (Å²) < 4.78 is 16.1. The minimum atomic E-state index is 0.163. The summed E-state index contributed by atoms with van der Waals surface area (Å²) in [7, 11) is 3.25. The number of piperazine rings is 1. The average molecular weight is 451 g/mol. The number of carbonyl (C=O) groups is 1. The number of benzene rings is 2. The van der Waals surface area contributed by atoms with E-state index in [-0.39, 0.29) is 5.91 Å². The fraction of sp³-hybridized carbons (Fsp3) is 0.400. The Morgan fingerprint density at radius 3 is 2.30 bits per heavy atom. The van der Waals surface area contributed by atoms with Crippen LogP contribution in [0.2, 0.25) is 0 Å². The van der Waals surface area contributed by atoms with Crippen LogP contribution in [0.15, 0.2) is 47.0 Å². The molecule has 1 amide bonds. The van der Waals surface area contributed by atoms with Crippen LogP contribution < -0.4 is 9.47 Å². The number of carbonyl (C=O) groups excluding carboxylic acids is 1. The summed E-state index contributed by atoms with van der Waals surface area (Å²) in [5, 5.41) is 4.11. The molecule has 1 saturated heterocycles. The topological polar surface area (TPSA) is 80.9 Å². The highest BCUT2D eigenvalue weighted by Crippen LogP contribution is 2.23. The molecule has 174 valence electrons. The summed E-state index contributed by atoms with van der Waals surface area (Å²) in [6, 6.07) is 13.8. The number of hydrogen-bond donors (Lipinski definition) is 0. The van der Waals surface area contributed by atoms with Crippen molar-refractivity contribution in [2.75, 3.05) is 40.4 Å². The number of ether oxygens (including phenoxy) is 2. The van der Waals surface area contributed by atoms with E-state index in [9.17, 15) is 4.79 Å². The average Bonchev–Trinajstić information content (AvgIpc) is 3.31. The highest BCUT2D eigenvalue weighted by Gasteiger charge is 2.22. The lowest BCUT2D eigenvalue weighted by atomic mass is 10.1. The van der Waals surface area contributed by atoms with Crippen LogP contribution in [0.4, 0.5) is 0 Å². The number of amides is 1. The fourth-order valence-corrected chi connectivity index (χ4v) is 3.91. The second-order valence-corrected chi connectivity index (χ2v) is 8.26. The van der Waals surface area contributed by atoms with Gasteiger partial charge >= 0.3 is 0 Å². The zero-order valence-corrected chi connectivity index (χ0v) is 19.4. The van der Waals surface area contributed by atoms with Gasteiger partial charge in [0.1, 0.15) is 11.5 Å². The molecule has 33 heavy (non-hydrogen) atoms. The maximum Gasteiger partial charge on any atom is 0.241 e. The molecule has 0 radical (unpaired) electrons. The van der Waals surface area contributed by atoms with Gasteiger partial charge in [-0.3, -0.25) is 9.69 Å². The van der Waals surface area contributed by atoms with E-state index in [4.69, 9.17) is 14.0 Å². The third-order valence-electron chi connectivity index (χ3n) is 5.90. The van der Waals surface area contributed by atoms with E-state index >= 15 is 0 Å². The van der Waals surface area contributed by atoms with E-state index in [1.54, 1.807) is 14.2 Å². The molecule has 0 unspecified atom stereocenters. The van der Waals surface area contributed by atoms with Crippen molar-refractivity contribution in [3.8, 4) is 22.9 Å². The molecule has 4 rings (SSSR count). The van der Waals surface area contributed by atoms with Gasteiger partial charge in [0.05, 0.1) is 20.8 Å². The Morgan fingerprint density at radius 1 is 1.00 bits per heavy atom. The Kier molecular flexibility index (Phi) is 7.24. The molecule has 1 aliphatic heterocycles. The largest absolute Gasteiger partial charge is 0.497 e. The molecule has 1 fully saturated rings. The van der Waals surface area contributed by atoms with Crippen LogP contribution in [0.3, 0.4) is 0 Å². The molecule has 1 aromatic heterocycles. The summed E-state index contributed by atoms with van der Waals surface area (Å²) in [6.07, 6.45) is 1.11. The van der Waals surface area contributed by atoms with Crippen LogP contribution in [0, 0.1) is 6.92 Å². The SMILES string of the molecule is COc1cc(CCC(=O)N2CCN(Cc3nc(-c4ccc(C)cc4)no3)CC2)cc(OC)c1. The molecule has 8 nitrogen and oxygen atoms in total. The second-order valence-electron chi connectivity index (χ2n) is 8.26. The summed E-state index contributed by atoms with van der Waals surface area (Å²) in [6.45, 7) is 5.58. The smallest absolute Gasteiger partial charge is 0.241 e. The van der Waals surface area contributed by atoms with Gasteiger partial charge in [0.2, 0.25) is 17.6 Å². The van der Waals surface area contributed by atoms with E-state index in [0.29, 0.717) is 44.2 Å². The fourth-order valence-electron chi connectivity index (χ4n) is 3.91. The van der Waals surface area contributed by atoms with Crippen LogP contribution in [0.25, 0.3) is 11.4 Å². The molecule has 0 aliphatic carbocycles. The van der Waals surface area contributed by atoms with Gasteiger partial charge in [0.25, 0.3) is 0 Å². The van der Waals surface area contributed by atoms with E-state index in [0.717, 1.165) is 35.7 Å². The molecule has 1 aliphatic rings. The van der Waals surface area contributed by atoms with Crippen molar-refractivity contribution in [2.45, 2.75) is 26.3 Å². The third kappa shape index (κ3) is 5.90. The first kappa shape index (κ1) is 22.8. The van der Waals surface area contributed by atoms with Crippen molar-refractivity contribution in [1.82, 2.24) is 19.9 Å². The Labute approximate surface area is 194 Å². The van der Waals surface area contributed by atoms with Crippen molar-refractivity contribution in [1.29, 1.82) is 0 Å². The van der Waals surface area contributed by atoms with Gasteiger partial charge in [-0.15, -0.1) is 0 Å². The first-order chi connectivity index (χ1) is 16.0. The summed E-state index contributed by atoms with van der Waals surface area (Å²) in [5.74, 6) is 2.83. The van der Waals surface area contributed by atoms with Gasteiger partial charge < -0.3 is 18.9 Å². The van der Waals surface area contributed by atoms with E-state index in [1.165, 1.54) is 5.56 Å². The molecule has 0 saturated carbocycles. The Balaban J connectivity index is 1.25. The van der Waals surface area contributed by atoms with Crippen LogP contribution in [-0.2, 0) is 17.8 Å². The highest BCUT2D eigenvalue weighted by molar-refractivity contribution is 5.76. The normalized spacial score (nSPS) is 14.3. The van der Waals surface area contributed by atoms with Crippen LogP contribution in [-0.4, -0.2) is 66.2 Å². The zero-order chi connectivity index (χ0) is 23.2. The molecule has 0 N–H and O–H groups in total. The molecule has 2 aromatic carbocycles. The molecular formula is C25H30N4O4. The van der Waals surface area contributed by atoms with E-state index in [2.05, 4.69) is 15.0 Å². The van der Waals surface area contributed by atoms with Crippen LogP contribution in [0.1, 0.15) is 23.4 Å². The monoisotopic (exact) mass is 450 g/mol. The lowest BCUT2D eigenvalue weighted by molar-refractivity contribution is -0.133. The Hall–Kier alpha value is -3.39. The Morgan fingerprint density at radius 2 is 1.67 bits per heavy atom. The highest BCUT2D eigenvalue weighted by atomic mass is 16.5. The van der Waals surface area contributed by atoms with Gasteiger partial charge in [-0.1, -0.05) is 35.0 Å². The molecule has 8 heteroatoms. The van der Waals surface area contributed by atoms with Crippen molar-refractivity contribution in [3.63, 3.8) is 0 Å². The maximum atomic E-state index is 12.7. The zero-order valence-electron chi connectivity index (χ0n) is 19.4. The standard InChI is InChI=1S/C25H30N4O4/c1-18-4-7-20(8-5-18)25-26-23(33-27-25)17-28-10-12-29(13-11-28)24(30)9-6-19-14-21(31-2)16-22(15-19)32-3/h4-5,7-8,14-16H,6,9-13,17H2,1-3H3. The first-order valence-corrected chi connectivity index (χ1v) is 11.2. The predicted octanol–water partition coefficient (Wildman–Crippen LogP) is 3.34. The van der Waals surface area contributed by atoms with Crippen molar-refractivity contribution in [2.24, 2.45) is 0 Å². The lowest BCUT2D eigenvalue weighted by Gasteiger charge is -2.34. The van der Waals surface area contributed by atoms with Crippen molar-refractivity contribution in [3.05, 3.63) is 59.5 Å². The van der Waals surface area contributed by atoms with Gasteiger partial charge in [0.15, 0.2) is 0 Å². The summed E-state index contributed by atoms with van der Waals surface area (Å²) in [5.41, 5.74) is 3.16. The molecule has 0 spiro atoms.